The van der Waals surface area contributed by atoms with E-state index in [0.717, 1.165) is 38.4 Å². The lowest BCUT2D eigenvalue weighted by molar-refractivity contribution is -0.126. The van der Waals surface area contributed by atoms with Crippen molar-refractivity contribution in [1.29, 1.82) is 0 Å². The topological polar surface area (TPSA) is 79.0 Å². The molecule has 1 N–H and O–H groups in total. The van der Waals surface area contributed by atoms with Crippen LogP contribution in [0.15, 0.2) is 30.3 Å². The fourth-order valence-corrected chi connectivity index (χ4v) is 5.14. The van der Waals surface area contributed by atoms with E-state index in [1.54, 1.807) is 0 Å². The zero-order valence-corrected chi connectivity index (χ0v) is 16.5. The highest BCUT2D eigenvalue weighted by molar-refractivity contribution is 7.88. The molecule has 0 aliphatic carbocycles. The Morgan fingerprint density at radius 2 is 1.74 bits per heavy atom. The van der Waals surface area contributed by atoms with Crippen molar-refractivity contribution in [3.63, 3.8) is 0 Å². The number of rotatable bonds is 7. The summed E-state index contributed by atoms with van der Waals surface area (Å²) in [5.74, 6) is -0.0363. The molecule has 2 heterocycles. The van der Waals surface area contributed by atoms with Gasteiger partial charge in [-0.1, -0.05) is 30.3 Å². The minimum absolute atomic E-state index is 0.0181. The number of ether oxygens (including phenoxy) is 1. The third kappa shape index (κ3) is 6.00. The molecule has 0 spiro atoms. The van der Waals surface area contributed by atoms with Gasteiger partial charge in [0.05, 0.1) is 19.0 Å². The first-order chi connectivity index (χ1) is 13.0. The standard InChI is InChI=1S/C19H29N3O4S/c23-19(20-8-11-21-12-14-26-15-13-21)18-6-9-22(10-7-18)27(24,25)16-17-4-2-1-3-5-17/h1-5,18H,6-16H2,(H,20,23). The maximum atomic E-state index is 12.6. The van der Waals surface area contributed by atoms with Crippen LogP contribution in [0.2, 0.25) is 0 Å². The van der Waals surface area contributed by atoms with Crippen LogP contribution in [-0.2, 0) is 25.3 Å². The normalized spacial score (nSPS) is 20.4. The van der Waals surface area contributed by atoms with Crippen LogP contribution >= 0.6 is 0 Å². The fourth-order valence-electron chi connectivity index (χ4n) is 3.58. The third-order valence-corrected chi connectivity index (χ3v) is 7.09. The molecule has 1 amide bonds. The molecule has 0 radical (unpaired) electrons. The van der Waals surface area contributed by atoms with E-state index >= 15 is 0 Å². The summed E-state index contributed by atoms with van der Waals surface area (Å²) in [6.45, 7) is 5.62. The lowest BCUT2D eigenvalue weighted by atomic mass is 9.97. The maximum absolute atomic E-state index is 12.6. The highest BCUT2D eigenvalue weighted by atomic mass is 32.2. The molecular formula is C19H29N3O4S. The van der Waals surface area contributed by atoms with E-state index in [2.05, 4.69) is 10.2 Å². The van der Waals surface area contributed by atoms with Crippen molar-refractivity contribution in [2.24, 2.45) is 5.92 Å². The Labute approximate surface area is 161 Å². The van der Waals surface area contributed by atoms with Gasteiger partial charge in [-0.2, -0.15) is 0 Å². The molecule has 27 heavy (non-hydrogen) atoms. The Balaban J connectivity index is 1.40. The van der Waals surface area contributed by atoms with Crippen molar-refractivity contribution in [2.45, 2.75) is 18.6 Å². The first-order valence-electron chi connectivity index (χ1n) is 9.64. The average molecular weight is 396 g/mol. The Kier molecular flexibility index (Phi) is 7.23. The number of carbonyl (C=O) groups excluding carboxylic acids is 1. The molecule has 2 aliphatic rings. The molecule has 8 heteroatoms. The van der Waals surface area contributed by atoms with Gasteiger partial charge >= 0.3 is 0 Å². The highest BCUT2D eigenvalue weighted by Crippen LogP contribution is 2.21. The second-order valence-electron chi connectivity index (χ2n) is 7.16. The SMILES string of the molecule is O=C(NCCN1CCOCC1)C1CCN(S(=O)(=O)Cc2ccccc2)CC1. The summed E-state index contributed by atoms with van der Waals surface area (Å²) < 4.78 is 32.0. The second-order valence-corrected chi connectivity index (χ2v) is 9.13. The van der Waals surface area contributed by atoms with Crippen LogP contribution in [0.5, 0.6) is 0 Å². The van der Waals surface area contributed by atoms with E-state index in [-0.39, 0.29) is 17.6 Å². The Morgan fingerprint density at radius 1 is 1.07 bits per heavy atom. The molecule has 0 unspecified atom stereocenters. The number of carbonyl (C=O) groups is 1. The molecule has 2 aliphatic heterocycles. The summed E-state index contributed by atoms with van der Waals surface area (Å²) >= 11 is 0. The van der Waals surface area contributed by atoms with Crippen molar-refractivity contribution >= 4 is 15.9 Å². The zero-order valence-electron chi connectivity index (χ0n) is 15.7. The molecule has 2 fully saturated rings. The van der Waals surface area contributed by atoms with Gasteiger partial charge in [-0.3, -0.25) is 9.69 Å². The van der Waals surface area contributed by atoms with Gasteiger partial charge in [0.1, 0.15) is 0 Å². The van der Waals surface area contributed by atoms with Crippen LogP contribution in [0.4, 0.5) is 0 Å². The molecule has 7 nitrogen and oxygen atoms in total. The van der Waals surface area contributed by atoms with Crippen molar-refractivity contribution in [2.75, 3.05) is 52.5 Å². The van der Waals surface area contributed by atoms with Crippen molar-refractivity contribution in [3.05, 3.63) is 35.9 Å². The predicted octanol–water partition coefficient (Wildman–Crippen LogP) is 0.677. The predicted molar refractivity (Wildman–Crippen MR) is 104 cm³/mol. The van der Waals surface area contributed by atoms with Gasteiger partial charge in [-0.15, -0.1) is 0 Å². The molecular weight excluding hydrogens is 366 g/mol. The van der Waals surface area contributed by atoms with Gasteiger partial charge in [-0.25, -0.2) is 12.7 Å². The number of benzene rings is 1. The minimum atomic E-state index is -3.33. The van der Waals surface area contributed by atoms with E-state index in [0.29, 0.717) is 32.5 Å². The van der Waals surface area contributed by atoms with Gasteiger partial charge in [-0.05, 0) is 18.4 Å². The van der Waals surface area contributed by atoms with Crippen LogP contribution in [0.3, 0.4) is 0 Å². The number of hydrogen-bond donors (Lipinski definition) is 1. The van der Waals surface area contributed by atoms with Crippen molar-refractivity contribution < 1.29 is 17.9 Å². The van der Waals surface area contributed by atoms with Crippen LogP contribution in [0.25, 0.3) is 0 Å². The van der Waals surface area contributed by atoms with Gasteiger partial charge < -0.3 is 10.1 Å². The largest absolute Gasteiger partial charge is 0.379 e. The van der Waals surface area contributed by atoms with Crippen LogP contribution < -0.4 is 5.32 Å². The van der Waals surface area contributed by atoms with Crippen LogP contribution in [0, 0.1) is 5.92 Å². The number of morpholine rings is 1. The molecule has 1 aromatic rings. The first kappa shape index (κ1) is 20.3. The molecule has 0 saturated carbocycles. The molecule has 1 aromatic carbocycles. The highest BCUT2D eigenvalue weighted by Gasteiger charge is 2.31. The number of amides is 1. The number of piperidine rings is 1. The van der Waals surface area contributed by atoms with E-state index in [4.69, 9.17) is 4.74 Å². The zero-order chi connectivity index (χ0) is 19.1. The van der Waals surface area contributed by atoms with Gasteiger partial charge in [0.15, 0.2) is 0 Å². The summed E-state index contributed by atoms with van der Waals surface area (Å²) in [5, 5.41) is 3.00. The number of hydrogen-bond acceptors (Lipinski definition) is 5. The fraction of sp³-hybridized carbons (Fsp3) is 0.632. The molecule has 0 bridgehead atoms. The van der Waals surface area contributed by atoms with Crippen molar-refractivity contribution in [1.82, 2.24) is 14.5 Å². The van der Waals surface area contributed by atoms with Crippen LogP contribution in [0.1, 0.15) is 18.4 Å². The summed E-state index contributed by atoms with van der Waals surface area (Å²) in [4.78, 5) is 14.6. The Morgan fingerprint density at radius 3 is 2.41 bits per heavy atom. The summed E-state index contributed by atoms with van der Waals surface area (Å²) in [5.41, 5.74) is 0.792. The molecule has 3 rings (SSSR count). The first-order valence-corrected chi connectivity index (χ1v) is 11.2. The van der Waals surface area contributed by atoms with Gasteiger partial charge in [0, 0.05) is 45.2 Å². The van der Waals surface area contributed by atoms with E-state index < -0.39 is 10.0 Å². The Hall–Kier alpha value is -1.48. The van der Waals surface area contributed by atoms with E-state index in [9.17, 15) is 13.2 Å². The quantitative estimate of drug-likeness (QED) is 0.734. The summed E-state index contributed by atoms with van der Waals surface area (Å²) in [7, 11) is -3.33. The lowest BCUT2D eigenvalue weighted by Gasteiger charge is -2.31. The lowest BCUT2D eigenvalue weighted by Crippen LogP contribution is -2.45. The maximum Gasteiger partial charge on any atom is 0.223 e. The third-order valence-electron chi connectivity index (χ3n) is 5.24. The van der Waals surface area contributed by atoms with E-state index in [1.165, 1.54) is 4.31 Å². The average Bonchev–Trinajstić information content (AvgIpc) is 2.69. The molecule has 150 valence electrons. The van der Waals surface area contributed by atoms with Gasteiger partial charge in [0.2, 0.25) is 15.9 Å². The Bertz CT molecular complexity index is 697. The molecule has 2 saturated heterocycles. The number of nitrogens with zero attached hydrogens (tertiary/aromatic N) is 2. The smallest absolute Gasteiger partial charge is 0.223 e. The second kappa shape index (κ2) is 9.64. The van der Waals surface area contributed by atoms with Gasteiger partial charge in [0.25, 0.3) is 0 Å². The minimum Gasteiger partial charge on any atom is -0.379 e. The number of nitrogens with one attached hydrogen (secondary N) is 1. The molecule has 0 aromatic heterocycles. The molecule has 0 atom stereocenters. The van der Waals surface area contributed by atoms with Crippen LogP contribution in [-0.4, -0.2) is 76.0 Å². The number of sulfonamides is 1. The summed E-state index contributed by atoms with van der Waals surface area (Å²) in [6, 6.07) is 9.22. The monoisotopic (exact) mass is 395 g/mol. The van der Waals surface area contributed by atoms with Crippen molar-refractivity contribution in [3.8, 4) is 0 Å². The summed E-state index contributed by atoms with van der Waals surface area (Å²) in [6.07, 6.45) is 1.16. The van der Waals surface area contributed by atoms with E-state index in [1.807, 2.05) is 30.3 Å².